The van der Waals surface area contributed by atoms with Gasteiger partial charge in [0.05, 0.1) is 13.3 Å². The molecule has 1 saturated heterocycles. The fourth-order valence-corrected chi connectivity index (χ4v) is 3.91. The molecule has 1 aliphatic rings. The highest BCUT2D eigenvalue weighted by atomic mass is 16.5. The summed E-state index contributed by atoms with van der Waals surface area (Å²) in [6.07, 6.45) is 2.24. The van der Waals surface area contributed by atoms with Gasteiger partial charge in [0.15, 0.2) is 0 Å². The van der Waals surface area contributed by atoms with E-state index in [0.29, 0.717) is 12.2 Å². The Morgan fingerprint density at radius 3 is 2.15 bits per heavy atom. The molecule has 0 saturated carbocycles. The van der Waals surface area contributed by atoms with Gasteiger partial charge in [-0.1, -0.05) is 53.7 Å². The highest BCUT2D eigenvalue weighted by molar-refractivity contribution is 5.85. The Bertz CT molecular complexity index is 982. The van der Waals surface area contributed by atoms with Crippen molar-refractivity contribution in [3.8, 4) is 11.5 Å². The van der Waals surface area contributed by atoms with Crippen LogP contribution in [-0.2, 0) is 15.6 Å². The number of nitrogens with zero attached hydrogens (tertiary/aromatic N) is 1. The van der Waals surface area contributed by atoms with Gasteiger partial charge in [-0.05, 0) is 52.6 Å². The first kappa shape index (κ1) is 24.7. The predicted molar refractivity (Wildman–Crippen MR) is 132 cm³/mol. The van der Waals surface area contributed by atoms with Crippen LogP contribution in [0.5, 0.6) is 11.5 Å². The Labute approximate surface area is 196 Å². The molecule has 2 aromatic rings. The van der Waals surface area contributed by atoms with Crippen LogP contribution in [0.4, 0.5) is 0 Å². The number of ether oxygens (including phenoxy) is 1. The van der Waals surface area contributed by atoms with Crippen molar-refractivity contribution in [3.63, 3.8) is 0 Å². The number of hydrazone groups is 1. The Hall–Kier alpha value is -2.90. The maximum Gasteiger partial charge on any atom is 0.258 e. The summed E-state index contributed by atoms with van der Waals surface area (Å²) in [6.45, 7) is 12.4. The third-order valence-corrected chi connectivity index (χ3v) is 5.87. The number of benzene rings is 2. The van der Waals surface area contributed by atoms with Gasteiger partial charge >= 0.3 is 0 Å². The number of amides is 1. The minimum absolute atomic E-state index is 0.0245. The van der Waals surface area contributed by atoms with Crippen molar-refractivity contribution in [2.24, 2.45) is 5.10 Å². The van der Waals surface area contributed by atoms with Gasteiger partial charge in [0.25, 0.3) is 5.91 Å². The maximum atomic E-state index is 12.6. The van der Waals surface area contributed by atoms with E-state index in [2.05, 4.69) is 62.9 Å². The second-order valence-electron chi connectivity index (χ2n) is 10.6. The molecule has 0 aromatic heterocycles. The molecule has 0 spiro atoms. The standard InChI is InChI=1S/C26H36N4O3/c1-25(2,3)19-12-16(13-20(23(19)31)26(4,5)6)15-27-30-24(32)22-14-21(28-29-22)17-8-10-18(33-7)11-9-17/h8-13,15,21-22,28-29,31H,14H2,1-7H3,(H,30,32)/b27-15-. The average molecular weight is 453 g/mol. The second kappa shape index (κ2) is 9.53. The zero-order valence-electron chi connectivity index (χ0n) is 20.6. The number of carbonyl (C=O) groups excluding carboxylic acids is 1. The lowest BCUT2D eigenvalue weighted by Gasteiger charge is -2.27. The van der Waals surface area contributed by atoms with Gasteiger partial charge < -0.3 is 9.84 Å². The zero-order valence-corrected chi connectivity index (χ0v) is 20.6. The normalized spacial score (nSPS) is 19.1. The van der Waals surface area contributed by atoms with Crippen LogP contribution in [0.2, 0.25) is 0 Å². The van der Waals surface area contributed by atoms with Crippen molar-refractivity contribution in [2.75, 3.05) is 7.11 Å². The second-order valence-corrected chi connectivity index (χ2v) is 10.6. The van der Waals surface area contributed by atoms with E-state index < -0.39 is 6.04 Å². The molecule has 178 valence electrons. The molecule has 2 aromatic carbocycles. The molecule has 0 aliphatic carbocycles. The largest absolute Gasteiger partial charge is 0.507 e. The Kier molecular flexibility index (Phi) is 7.14. The Morgan fingerprint density at radius 2 is 1.64 bits per heavy atom. The van der Waals surface area contributed by atoms with Crippen LogP contribution >= 0.6 is 0 Å². The molecule has 1 amide bonds. The van der Waals surface area contributed by atoms with E-state index in [1.165, 1.54) is 0 Å². The molecule has 7 nitrogen and oxygen atoms in total. The number of hydrogen-bond donors (Lipinski definition) is 4. The van der Waals surface area contributed by atoms with Gasteiger partial charge in [-0.25, -0.2) is 16.3 Å². The van der Waals surface area contributed by atoms with E-state index in [-0.39, 0.29) is 22.8 Å². The van der Waals surface area contributed by atoms with Crippen molar-refractivity contribution in [1.82, 2.24) is 16.3 Å². The van der Waals surface area contributed by atoms with E-state index >= 15 is 0 Å². The summed E-state index contributed by atoms with van der Waals surface area (Å²) in [5.74, 6) is 0.912. The van der Waals surface area contributed by atoms with Crippen LogP contribution in [0, 0.1) is 0 Å². The third-order valence-electron chi connectivity index (χ3n) is 5.87. The van der Waals surface area contributed by atoms with Gasteiger partial charge in [-0.15, -0.1) is 0 Å². The van der Waals surface area contributed by atoms with Crippen LogP contribution in [0.15, 0.2) is 41.5 Å². The smallest absolute Gasteiger partial charge is 0.258 e. The van der Waals surface area contributed by atoms with Crippen molar-refractivity contribution < 1.29 is 14.6 Å². The fourth-order valence-electron chi connectivity index (χ4n) is 3.91. The number of nitrogens with one attached hydrogen (secondary N) is 3. The number of aromatic hydroxyl groups is 1. The molecule has 1 fully saturated rings. The van der Waals surface area contributed by atoms with Crippen molar-refractivity contribution >= 4 is 12.1 Å². The first-order valence-corrected chi connectivity index (χ1v) is 11.3. The lowest BCUT2D eigenvalue weighted by atomic mass is 9.78. The first-order chi connectivity index (χ1) is 15.4. The molecule has 1 aliphatic heterocycles. The summed E-state index contributed by atoms with van der Waals surface area (Å²) in [7, 11) is 1.64. The highest BCUT2D eigenvalue weighted by Gasteiger charge is 2.30. The van der Waals surface area contributed by atoms with Crippen LogP contribution in [0.25, 0.3) is 0 Å². The number of phenolic OH excluding ortho intramolecular Hbond substituents is 1. The highest BCUT2D eigenvalue weighted by Crippen LogP contribution is 2.39. The summed E-state index contributed by atoms with van der Waals surface area (Å²) in [5, 5.41) is 15.0. The van der Waals surface area contributed by atoms with Crippen molar-refractivity contribution in [3.05, 3.63) is 58.7 Å². The molecular weight excluding hydrogens is 416 g/mol. The van der Waals surface area contributed by atoms with Gasteiger partial charge in [0.1, 0.15) is 17.5 Å². The zero-order chi connectivity index (χ0) is 24.4. The monoisotopic (exact) mass is 452 g/mol. The molecule has 1 heterocycles. The number of rotatable bonds is 5. The summed E-state index contributed by atoms with van der Waals surface area (Å²) in [4.78, 5) is 12.6. The topological polar surface area (TPSA) is 95.0 Å². The van der Waals surface area contributed by atoms with Gasteiger partial charge in [-0.3, -0.25) is 4.79 Å². The predicted octanol–water partition coefficient (Wildman–Crippen LogP) is 4.05. The van der Waals surface area contributed by atoms with E-state index in [0.717, 1.165) is 28.0 Å². The molecule has 4 N–H and O–H groups in total. The van der Waals surface area contributed by atoms with Crippen LogP contribution < -0.4 is 21.0 Å². The minimum Gasteiger partial charge on any atom is -0.507 e. The molecule has 2 unspecified atom stereocenters. The number of phenols is 1. The Balaban J connectivity index is 1.69. The van der Waals surface area contributed by atoms with Gasteiger partial charge in [0, 0.05) is 17.2 Å². The molecule has 7 heteroatoms. The molecule has 0 bridgehead atoms. The number of carbonyl (C=O) groups is 1. The summed E-state index contributed by atoms with van der Waals surface area (Å²) in [5.41, 5.74) is 12.0. The quantitative estimate of drug-likeness (QED) is 0.406. The SMILES string of the molecule is COc1ccc(C2CC(C(=O)N/N=C\c3cc(C(C)(C)C)c(O)c(C(C)(C)C)c3)NN2)cc1. The van der Waals surface area contributed by atoms with Crippen molar-refractivity contribution in [1.29, 1.82) is 0 Å². The molecule has 0 radical (unpaired) electrons. The minimum atomic E-state index is -0.399. The van der Waals surface area contributed by atoms with E-state index in [1.54, 1.807) is 13.3 Å². The van der Waals surface area contributed by atoms with Crippen molar-refractivity contribution in [2.45, 2.75) is 70.9 Å². The van der Waals surface area contributed by atoms with Gasteiger partial charge in [-0.2, -0.15) is 5.10 Å². The van der Waals surface area contributed by atoms with E-state index in [4.69, 9.17) is 4.74 Å². The molecule has 33 heavy (non-hydrogen) atoms. The van der Waals surface area contributed by atoms with Crippen LogP contribution in [0.3, 0.4) is 0 Å². The average Bonchev–Trinajstić information content (AvgIpc) is 3.23. The van der Waals surface area contributed by atoms with Crippen LogP contribution in [-0.4, -0.2) is 30.4 Å². The van der Waals surface area contributed by atoms with Crippen LogP contribution in [0.1, 0.15) is 76.3 Å². The molecule has 3 rings (SSSR count). The van der Waals surface area contributed by atoms with E-state index in [9.17, 15) is 9.90 Å². The lowest BCUT2D eigenvalue weighted by Crippen LogP contribution is -2.41. The number of methoxy groups -OCH3 is 1. The summed E-state index contributed by atoms with van der Waals surface area (Å²) in [6, 6.07) is 11.3. The Morgan fingerprint density at radius 1 is 1.06 bits per heavy atom. The third kappa shape index (κ3) is 5.92. The molecular formula is C26H36N4O3. The number of hydrogen-bond acceptors (Lipinski definition) is 6. The lowest BCUT2D eigenvalue weighted by molar-refractivity contribution is -0.122. The van der Waals surface area contributed by atoms with E-state index in [1.807, 2.05) is 36.4 Å². The number of hydrazine groups is 1. The fraction of sp³-hybridized carbons (Fsp3) is 0.462. The summed E-state index contributed by atoms with van der Waals surface area (Å²) >= 11 is 0. The van der Waals surface area contributed by atoms with Gasteiger partial charge in [0.2, 0.25) is 0 Å². The maximum absolute atomic E-state index is 12.6. The summed E-state index contributed by atoms with van der Waals surface area (Å²) < 4.78 is 5.20. The first-order valence-electron chi connectivity index (χ1n) is 11.3. The molecule has 2 atom stereocenters.